The van der Waals surface area contributed by atoms with Gasteiger partial charge in [0.05, 0.1) is 6.61 Å². The Labute approximate surface area is 197 Å². The standard InChI is InChI=1S/C26H28N4O4/c1-17-14-19(6-7-23(17)30-12-13-34-16-24(30)31)28-25(32)26(33)29-10-8-18(9-11-29)21-15-27-22-5-3-2-4-20(21)22/h2-7,14-15,18,27H,8-13,16H2,1H3,(H,28,32). The van der Waals surface area contributed by atoms with Crippen LogP contribution in [0.4, 0.5) is 11.4 Å². The van der Waals surface area contributed by atoms with Crippen LogP contribution in [0.15, 0.2) is 48.7 Å². The normalized spacial score (nSPS) is 17.3. The lowest BCUT2D eigenvalue weighted by molar-refractivity contribution is -0.143. The van der Waals surface area contributed by atoms with Crippen LogP contribution < -0.4 is 10.2 Å². The number of hydrogen-bond donors (Lipinski definition) is 2. The predicted octanol–water partition coefficient (Wildman–Crippen LogP) is 3.18. The zero-order valence-electron chi connectivity index (χ0n) is 19.2. The van der Waals surface area contributed by atoms with Crippen LogP contribution in [0.2, 0.25) is 0 Å². The number of H-pyrrole nitrogens is 1. The SMILES string of the molecule is Cc1cc(NC(=O)C(=O)N2CCC(c3c[nH]c4ccccc34)CC2)ccc1N1CCOCC1=O. The molecule has 2 N–H and O–H groups in total. The van der Waals surface area contributed by atoms with Gasteiger partial charge in [-0.25, -0.2) is 0 Å². The molecule has 3 amide bonds. The number of rotatable bonds is 3. The molecule has 0 radical (unpaired) electrons. The zero-order valence-corrected chi connectivity index (χ0v) is 19.2. The van der Waals surface area contributed by atoms with E-state index in [0.717, 1.165) is 29.6 Å². The fourth-order valence-corrected chi connectivity index (χ4v) is 4.96. The van der Waals surface area contributed by atoms with Crippen LogP contribution >= 0.6 is 0 Å². The van der Waals surface area contributed by atoms with Gasteiger partial charge in [0.2, 0.25) is 0 Å². The number of hydrogen-bond acceptors (Lipinski definition) is 4. The second-order valence-electron chi connectivity index (χ2n) is 8.91. The highest BCUT2D eigenvalue weighted by Crippen LogP contribution is 2.33. The summed E-state index contributed by atoms with van der Waals surface area (Å²) in [6.07, 6.45) is 3.71. The van der Waals surface area contributed by atoms with Crippen molar-refractivity contribution in [3.05, 3.63) is 59.8 Å². The summed E-state index contributed by atoms with van der Waals surface area (Å²) >= 11 is 0. The second-order valence-corrected chi connectivity index (χ2v) is 8.91. The highest BCUT2D eigenvalue weighted by Gasteiger charge is 2.29. The molecule has 176 valence electrons. The molecule has 2 aromatic carbocycles. The van der Waals surface area contributed by atoms with Gasteiger partial charge in [-0.1, -0.05) is 18.2 Å². The number of fused-ring (bicyclic) bond motifs is 1. The molecule has 2 fully saturated rings. The zero-order chi connectivity index (χ0) is 23.7. The number of para-hydroxylation sites is 1. The molecule has 0 bridgehead atoms. The van der Waals surface area contributed by atoms with Crippen LogP contribution in [-0.4, -0.2) is 60.5 Å². The lowest BCUT2D eigenvalue weighted by Gasteiger charge is -2.31. The third kappa shape index (κ3) is 4.28. The molecule has 2 aliphatic rings. The minimum Gasteiger partial charge on any atom is -0.370 e. The first-order valence-electron chi connectivity index (χ1n) is 11.7. The van der Waals surface area contributed by atoms with Gasteiger partial charge in [0.1, 0.15) is 6.61 Å². The van der Waals surface area contributed by atoms with E-state index in [1.165, 1.54) is 10.9 Å². The molecule has 8 heteroatoms. The number of aromatic nitrogens is 1. The Hall–Kier alpha value is -3.65. The molecule has 0 spiro atoms. The molecule has 3 heterocycles. The summed E-state index contributed by atoms with van der Waals surface area (Å²) in [5.74, 6) is -0.874. The van der Waals surface area contributed by atoms with E-state index in [1.54, 1.807) is 28.0 Å². The topological polar surface area (TPSA) is 94.7 Å². The molecular formula is C26H28N4O4. The van der Waals surface area contributed by atoms with Gasteiger partial charge in [-0.05, 0) is 61.1 Å². The van der Waals surface area contributed by atoms with E-state index in [9.17, 15) is 14.4 Å². The number of piperidine rings is 1. The number of ether oxygens (including phenoxy) is 1. The van der Waals surface area contributed by atoms with Crippen molar-refractivity contribution in [2.24, 2.45) is 0 Å². The largest absolute Gasteiger partial charge is 0.370 e. The van der Waals surface area contributed by atoms with E-state index in [2.05, 4.69) is 28.6 Å². The molecule has 8 nitrogen and oxygen atoms in total. The van der Waals surface area contributed by atoms with E-state index < -0.39 is 11.8 Å². The maximum absolute atomic E-state index is 12.8. The molecular weight excluding hydrogens is 432 g/mol. The van der Waals surface area contributed by atoms with Crippen molar-refractivity contribution in [3.63, 3.8) is 0 Å². The lowest BCUT2D eigenvalue weighted by atomic mass is 9.89. The Morgan fingerprint density at radius 2 is 1.88 bits per heavy atom. The Morgan fingerprint density at radius 1 is 1.09 bits per heavy atom. The maximum Gasteiger partial charge on any atom is 0.313 e. The summed E-state index contributed by atoms with van der Waals surface area (Å²) < 4.78 is 5.19. The molecule has 1 aromatic heterocycles. The highest BCUT2D eigenvalue weighted by molar-refractivity contribution is 6.39. The summed E-state index contributed by atoms with van der Waals surface area (Å²) in [5, 5.41) is 3.95. The van der Waals surface area contributed by atoms with Crippen LogP contribution in [0, 0.1) is 6.92 Å². The third-order valence-corrected chi connectivity index (χ3v) is 6.77. The number of carbonyl (C=O) groups is 3. The number of anilines is 2. The average Bonchev–Trinajstić information content (AvgIpc) is 3.29. The van der Waals surface area contributed by atoms with Crippen molar-refractivity contribution < 1.29 is 19.1 Å². The van der Waals surface area contributed by atoms with Crippen LogP contribution in [-0.2, 0) is 19.1 Å². The van der Waals surface area contributed by atoms with E-state index >= 15 is 0 Å². The number of nitrogens with zero attached hydrogens (tertiary/aromatic N) is 2. The number of carbonyl (C=O) groups excluding carboxylic acids is 3. The molecule has 0 saturated carbocycles. The van der Waals surface area contributed by atoms with Crippen molar-refractivity contribution in [1.29, 1.82) is 0 Å². The molecule has 0 atom stereocenters. The maximum atomic E-state index is 12.8. The van der Waals surface area contributed by atoms with Crippen molar-refractivity contribution in [3.8, 4) is 0 Å². The molecule has 34 heavy (non-hydrogen) atoms. The lowest BCUT2D eigenvalue weighted by Crippen LogP contribution is -2.43. The first-order valence-corrected chi connectivity index (χ1v) is 11.7. The first kappa shape index (κ1) is 22.2. The number of nitrogens with one attached hydrogen (secondary N) is 2. The molecule has 5 rings (SSSR count). The van der Waals surface area contributed by atoms with Gasteiger partial charge < -0.3 is 24.8 Å². The predicted molar refractivity (Wildman–Crippen MR) is 130 cm³/mol. The van der Waals surface area contributed by atoms with E-state index in [-0.39, 0.29) is 12.5 Å². The van der Waals surface area contributed by atoms with E-state index in [1.807, 2.05) is 19.1 Å². The number of likely N-dealkylation sites (tertiary alicyclic amines) is 1. The summed E-state index contributed by atoms with van der Waals surface area (Å²) in [7, 11) is 0. The van der Waals surface area contributed by atoms with Crippen molar-refractivity contribution >= 4 is 40.0 Å². The van der Waals surface area contributed by atoms with Gasteiger partial charge in [-0.3, -0.25) is 14.4 Å². The summed E-state index contributed by atoms with van der Waals surface area (Å²) in [6, 6.07) is 13.5. The summed E-state index contributed by atoms with van der Waals surface area (Å²) in [5.41, 5.74) is 4.57. The number of aromatic amines is 1. The minimum atomic E-state index is -0.639. The molecule has 2 saturated heterocycles. The molecule has 0 unspecified atom stereocenters. The van der Waals surface area contributed by atoms with Crippen molar-refractivity contribution in [2.45, 2.75) is 25.7 Å². The minimum absolute atomic E-state index is 0.0728. The highest BCUT2D eigenvalue weighted by atomic mass is 16.5. The smallest absolute Gasteiger partial charge is 0.313 e. The van der Waals surface area contributed by atoms with Crippen molar-refractivity contribution in [2.75, 3.05) is 43.1 Å². The molecule has 3 aromatic rings. The average molecular weight is 461 g/mol. The fraction of sp³-hybridized carbons (Fsp3) is 0.346. The number of aryl methyl sites for hydroxylation is 1. The van der Waals surface area contributed by atoms with E-state index in [4.69, 9.17) is 4.74 Å². The van der Waals surface area contributed by atoms with Crippen LogP contribution in [0.1, 0.15) is 29.9 Å². The van der Waals surface area contributed by atoms with Gasteiger partial charge in [0.15, 0.2) is 0 Å². The molecule has 2 aliphatic heterocycles. The van der Waals surface area contributed by atoms with Gasteiger partial charge in [-0.2, -0.15) is 0 Å². The monoisotopic (exact) mass is 460 g/mol. The number of amides is 3. The summed E-state index contributed by atoms with van der Waals surface area (Å²) in [4.78, 5) is 44.2. The summed E-state index contributed by atoms with van der Waals surface area (Å²) in [6.45, 7) is 4.04. The Balaban J connectivity index is 1.19. The van der Waals surface area contributed by atoms with Gasteiger partial charge in [0, 0.05) is 48.1 Å². The van der Waals surface area contributed by atoms with Crippen LogP contribution in [0.5, 0.6) is 0 Å². The second kappa shape index (κ2) is 9.30. The first-order chi connectivity index (χ1) is 16.5. The van der Waals surface area contributed by atoms with Crippen LogP contribution in [0.3, 0.4) is 0 Å². The quantitative estimate of drug-likeness (QED) is 0.587. The Kier molecular flexibility index (Phi) is 6.06. The van der Waals surface area contributed by atoms with Crippen molar-refractivity contribution in [1.82, 2.24) is 9.88 Å². The van der Waals surface area contributed by atoms with E-state index in [0.29, 0.717) is 37.8 Å². The fourth-order valence-electron chi connectivity index (χ4n) is 4.96. The Bertz CT molecular complexity index is 1240. The van der Waals surface area contributed by atoms with Gasteiger partial charge >= 0.3 is 11.8 Å². The number of morpholine rings is 1. The third-order valence-electron chi connectivity index (χ3n) is 6.77. The van der Waals surface area contributed by atoms with Gasteiger partial charge in [0.25, 0.3) is 5.91 Å². The van der Waals surface area contributed by atoms with Gasteiger partial charge in [-0.15, -0.1) is 0 Å². The number of benzene rings is 2. The Morgan fingerprint density at radius 3 is 2.65 bits per heavy atom. The molecule has 0 aliphatic carbocycles. The van der Waals surface area contributed by atoms with Crippen LogP contribution in [0.25, 0.3) is 10.9 Å².